The first-order chi connectivity index (χ1) is 13.1. The minimum absolute atomic E-state index is 0.0658. The van der Waals surface area contributed by atoms with Crippen molar-refractivity contribution < 1.29 is 19.0 Å². The number of hydrogen-bond donors (Lipinski definition) is 0. The molecule has 0 atom stereocenters. The highest BCUT2D eigenvalue weighted by molar-refractivity contribution is 5.94. The van der Waals surface area contributed by atoms with Gasteiger partial charge in [0.05, 0.1) is 7.11 Å². The molecular weight excluding hydrogens is 344 g/mol. The van der Waals surface area contributed by atoms with Crippen molar-refractivity contribution in [1.82, 2.24) is 9.80 Å². The van der Waals surface area contributed by atoms with Crippen LogP contribution in [0.5, 0.6) is 17.2 Å². The smallest absolute Gasteiger partial charge is 0.254 e. The number of aryl methyl sites for hydroxylation is 1. The van der Waals surface area contributed by atoms with Crippen LogP contribution in [0.2, 0.25) is 0 Å². The van der Waals surface area contributed by atoms with Crippen LogP contribution in [0.3, 0.4) is 0 Å². The lowest BCUT2D eigenvalue weighted by molar-refractivity contribution is 0.0628. The summed E-state index contributed by atoms with van der Waals surface area (Å²) in [5.74, 6) is 2.44. The molecule has 0 saturated carbocycles. The summed E-state index contributed by atoms with van der Waals surface area (Å²) in [4.78, 5) is 17.1. The van der Waals surface area contributed by atoms with Crippen LogP contribution in [0.25, 0.3) is 0 Å². The zero-order valence-corrected chi connectivity index (χ0v) is 15.7. The predicted octanol–water partition coefficient (Wildman–Crippen LogP) is 2.69. The van der Waals surface area contributed by atoms with Gasteiger partial charge in [-0.05, 0) is 42.3 Å². The summed E-state index contributed by atoms with van der Waals surface area (Å²) in [6, 6.07) is 11.7. The number of fused-ring (bicyclic) bond motifs is 1. The van der Waals surface area contributed by atoms with Crippen molar-refractivity contribution in [2.45, 2.75) is 13.5 Å². The Bertz CT molecular complexity index is 844. The first kappa shape index (κ1) is 17.7. The molecule has 2 aliphatic rings. The van der Waals surface area contributed by atoms with Gasteiger partial charge in [0.2, 0.25) is 6.79 Å². The number of amides is 1. The molecule has 4 rings (SSSR count). The minimum Gasteiger partial charge on any atom is -0.496 e. The maximum atomic E-state index is 12.8. The fraction of sp³-hybridized carbons (Fsp3) is 0.381. The van der Waals surface area contributed by atoms with Gasteiger partial charge in [-0.25, -0.2) is 0 Å². The zero-order chi connectivity index (χ0) is 18.8. The van der Waals surface area contributed by atoms with E-state index in [1.807, 2.05) is 42.2 Å². The highest BCUT2D eigenvalue weighted by atomic mass is 16.7. The highest BCUT2D eigenvalue weighted by Gasteiger charge is 2.23. The monoisotopic (exact) mass is 368 g/mol. The first-order valence-corrected chi connectivity index (χ1v) is 9.19. The molecule has 0 bridgehead atoms. The number of benzene rings is 2. The van der Waals surface area contributed by atoms with Crippen molar-refractivity contribution in [3.63, 3.8) is 0 Å². The van der Waals surface area contributed by atoms with Gasteiger partial charge >= 0.3 is 0 Å². The summed E-state index contributed by atoms with van der Waals surface area (Å²) in [5, 5.41) is 0. The van der Waals surface area contributed by atoms with Crippen molar-refractivity contribution in [2.24, 2.45) is 0 Å². The van der Waals surface area contributed by atoms with E-state index in [0.717, 1.165) is 55.5 Å². The largest absolute Gasteiger partial charge is 0.496 e. The maximum absolute atomic E-state index is 12.8. The number of nitrogens with zero attached hydrogens (tertiary/aromatic N) is 2. The van der Waals surface area contributed by atoms with Crippen molar-refractivity contribution in [3.05, 3.63) is 53.1 Å². The Labute approximate surface area is 159 Å². The lowest BCUT2D eigenvalue weighted by Crippen LogP contribution is -2.48. The second kappa shape index (κ2) is 7.48. The van der Waals surface area contributed by atoms with E-state index in [1.165, 1.54) is 5.56 Å². The van der Waals surface area contributed by atoms with Crippen LogP contribution in [0.15, 0.2) is 36.4 Å². The molecule has 0 spiro atoms. The van der Waals surface area contributed by atoms with Gasteiger partial charge in [-0.1, -0.05) is 12.1 Å². The van der Waals surface area contributed by atoms with Gasteiger partial charge in [0.25, 0.3) is 5.91 Å². The average molecular weight is 368 g/mol. The Kier molecular flexibility index (Phi) is 4.90. The van der Waals surface area contributed by atoms with Crippen LogP contribution in [0.1, 0.15) is 21.5 Å². The molecule has 142 valence electrons. The average Bonchev–Trinajstić information content (AvgIpc) is 3.16. The van der Waals surface area contributed by atoms with Crippen LogP contribution < -0.4 is 14.2 Å². The Balaban J connectivity index is 1.35. The number of ether oxygens (including phenoxy) is 3. The van der Waals surface area contributed by atoms with E-state index in [1.54, 1.807) is 7.11 Å². The maximum Gasteiger partial charge on any atom is 0.254 e. The molecule has 2 aromatic carbocycles. The fourth-order valence-corrected chi connectivity index (χ4v) is 3.54. The standard InChI is InChI=1S/C21H24N2O4/c1-15-3-5-17(12-19(15)25-2)21(24)23-9-7-22(8-10-23)13-16-4-6-18-20(11-16)27-14-26-18/h3-6,11-12H,7-10,13-14H2,1-2H3. The first-order valence-electron chi connectivity index (χ1n) is 9.19. The predicted molar refractivity (Wildman–Crippen MR) is 101 cm³/mol. The molecule has 1 saturated heterocycles. The van der Waals surface area contributed by atoms with E-state index < -0.39 is 0 Å². The summed E-state index contributed by atoms with van der Waals surface area (Å²) < 4.78 is 16.2. The molecule has 0 N–H and O–H groups in total. The van der Waals surface area contributed by atoms with E-state index in [0.29, 0.717) is 12.4 Å². The molecule has 0 radical (unpaired) electrons. The van der Waals surface area contributed by atoms with E-state index in [4.69, 9.17) is 14.2 Å². The van der Waals surface area contributed by atoms with Gasteiger partial charge < -0.3 is 19.1 Å². The Morgan fingerprint density at radius 1 is 1.04 bits per heavy atom. The molecule has 6 heteroatoms. The van der Waals surface area contributed by atoms with Gasteiger partial charge in [0.15, 0.2) is 11.5 Å². The van der Waals surface area contributed by atoms with E-state index in [2.05, 4.69) is 11.0 Å². The van der Waals surface area contributed by atoms with Crippen molar-refractivity contribution in [1.29, 1.82) is 0 Å². The Hall–Kier alpha value is -2.73. The quantitative estimate of drug-likeness (QED) is 0.831. The third kappa shape index (κ3) is 3.71. The molecular formula is C21H24N2O4. The summed E-state index contributed by atoms with van der Waals surface area (Å²) >= 11 is 0. The Morgan fingerprint density at radius 3 is 2.59 bits per heavy atom. The molecule has 0 aromatic heterocycles. The molecule has 0 unspecified atom stereocenters. The van der Waals surface area contributed by atoms with Crippen LogP contribution in [-0.4, -0.2) is 55.8 Å². The normalized spacial score (nSPS) is 16.4. The SMILES string of the molecule is COc1cc(C(=O)N2CCN(Cc3ccc4c(c3)OCO4)CC2)ccc1C. The third-order valence-electron chi connectivity index (χ3n) is 5.16. The molecule has 2 aliphatic heterocycles. The van der Waals surface area contributed by atoms with Crippen molar-refractivity contribution in [3.8, 4) is 17.2 Å². The van der Waals surface area contributed by atoms with Crippen LogP contribution in [0.4, 0.5) is 0 Å². The number of rotatable bonds is 4. The molecule has 0 aliphatic carbocycles. The van der Waals surface area contributed by atoms with Gasteiger partial charge in [0.1, 0.15) is 5.75 Å². The highest BCUT2D eigenvalue weighted by Crippen LogP contribution is 2.32. The minimum atomic E-state index is 0.0658. The van der Waals surface area contributed by atoms with E-state index >= 15 is 0 Å². The van der Waals surface area contributed by atoms with E-state index in [-0.39, 0.29) is 5.91 Å². The van der Waals surface area contributed by atoms with Gasteiger partial charge in [-0.2, -0.15) is 0 Å². The summed E-state index contributed by atoms with van der Waals surface area (Å²) in [7, 11) is 1.63. The molecule has 27 heavy (non-hydrogen) atoms. The Morgan fingerprint density at radius 2 is 1.81 bits per heavy atom. The van der Waals surface area contributed by atoms with Crippen molar-refractivity contribution >= 4 is 5.91 Å². The third-order valence-corrected chi connectivity index (χ3v) is 5.16. The summed E-state index contributed by atoms with van der Waals surface area (Å²) in [5.41, 5.74) is 2.91. The van der Waals surface area contributed by atoms with Gasteiger partial charge in [0, 0.05) is 38.3 Å². The number of carbonyl (C=O) groups excluding carboxylic acids is 1. The lowest BCUT2D eigenvalue weighted by Gasteiger charge is -2.35. The summed E-state index contributed by atoms with van der Waals surface area (Å²) in [6.07, 6.45) is 0. The van der Waals surface area contributed by atoms with Gasteiger partial charge in [-0.15, -0.1) is 0 Å². The molecule has 2 heterocycles. The van der Waals surface area contributed by atoms with Gasteiger partial charge in [-0.3, -0.25) is 9.69 Å². The number of carbonyl (C=O) groups is 1. The zero-order valence-electron chi connectivity index (χ0n) is 15.7. The number of methoxy groups -OCH3 is 1. The van der Waals surface area contributed by atoms with Crippen LogP contribution >= 0.6 is 0 Å². The lowest BCUT2D eigenvalue weighted by atomic mass is 10.1. The molecule has 2 aromatic rings. The van der Waals surface area contributed by atoms with E-state index in [9.17, 15) is 4.79 Å². The second-order valence-corrected chi connectivity index (χ2v) is 6.94. The fourth-order valence-electron chi connectivity index (χ4n) is 3.54. The summed E-state index contributed by atoms with van der Waals surface area (Å²) in [6.45, 7) is 6.26. The topological polar surface area (TPSA) is 51.2 Å². The number of piperazine rings is 1. The molecule has 6 nitrogen and oxygen atoms in total. The van der Waals surface area contributed by atoms with Crippen LogP contribution in [0, 0.1) is 6.92 Å². The second-order valence-electron chi connectivity index (χ2n) is 6.94. The molecule has 1 fully saturated rings. The van der Waals surface area contributed by atoms with Crippen LogP contribution in [-0.2, 0) is 6.54 Å². The number of hydrogen-bond acceptors (Lipinski definition) is 5. The van der Waals surface area contributed by atoms with Crippen molar-refractivity contribution in [2.75, 3.05) is 40.1 Å². The molecule has 1 amide bonds.